The summed E-state index contributed by atoms with van der Waals surface area (Å²) in [6, 6.07) is 13.1. The number of hydrogen-bond acceptors (Lipinski definition) is 4. The molecule has 2 aromatic carbocycles. The SMILES string of the molecule is N/C=C1\C(=Nc2ccc(O)cc2)CCCC1NC(=O)Cc1ccc2c(c1)CCCC2. The number of carbonyl (C=O) groups excluding carboxylic acids is 1. The molecule has 30 heavy (non-hydrogen) atoms. The van der Waals surface area contributed by atoms with Crippen molar-refractivity contribution >= 4 is 17.3 Å². The van der Waals surface area contributed by atoms with E-state index in [1.807, 2.05) is 0 Å². The smallest absolute Gasteiger partial charge is 0.224 e. The molecule has 5 heteroatoms. The second-order valence-electron chi connectivity index (χ2n) is 8.20. The Labute approximate surface area is 177 Å². The highest BCUT2D eigenvalue weighted by atomic mass is 16.3. The summed E-state index contributed by atoms with van der Waals surface area (Å²) >= 11 is 0. The number of nitrogens with two attached hydrogens (primary N) is 1. The van der Waals surface area contributed by atoms with E-state index in [4.69, 9.17) is 10.7 Å². The lowest BCUT2D eigenvalue weighted by molar-refractivity contribution is -0.120. The van der Waals surface area contributed by atoms with E-state index in [9.17, 15) is 9.90 Å². The Hall–Kier alpha value is -3.08. The van der Waals surface area contributed by atoms with Gasteiger partial charge in [0.05, 0.1) is 18.2 Å². The molecule has 5 nitrogen and oxygen atoms in total. The zero-order valence-electron chi connectivity index (χ0n) is 17.2. The zero-order chi connectivity index (χ0) is 20.9. The largest absolute Gasteiger partial charge is 0.508 e. The molecule has 2 aliphatic carbocycles. The number of aliphatic imine (C=N–C) groups is 1. The van der Waals surface area contributed by atoms with E-state index >= 15 is 0 Å². The Morgan fingerprint density at radius 2 is 1.83 bits per heavy atom. The van der Waals surface area contributed by atoms with Crippen LogP contribution in [0.2, 0.25) is 0 Å². The average Bonchev–Trinajstić information content (AvgIpc) is 2.75. The maximum atomic E-state index is 12.8. The van der Waals surface area contributed by atoms with Gasteiger partial charge in [0.1, 0.15) is 5.75 Å². The first-order valence-electron chi connectivity index (χ1n) is 10.8. The maximum Gasteiger partial charge on any atom is 0.224 e. The van der Waals surface area contributed by atoms with Gasteiger partial charge in [0.15, 0.2) is 0 Å². The van der Waals surface area contributed by atoms with Crippen LogP contribution < -0.4 is 11.1 Å². The number of carbonyl (C=O) groups is 1. The fourth-order valence-electron chi connectivity index (χ4n) is 4.47. The van der Waals surface area contributed by atoms with Gasteiger partial charge < -0.3 is 16.2 Å². The minimum Gasteiger partial charge on any atom is -0.508 e. The number of fused-ring (bicyclic) bond motifs is 1. The molecule has 156 valence electrons. The molecule has 1 unspecified atom stereocenters. The highest BCUT2D eigenvalue weighted by molar-refractivity contribution is 6.03. The first kappa shape index (κ1) is 20.2. The molecular formula is C25H29N3O2. The van der Waals surface area contributed by atoms with Crippen molar-refractivity contribution in [2.24, 2.45) is 10.7 Å². The normalized spacial score (nSPS) is 21.4. The fourth-order valence-corrected chi connectivity index (χ4v) is 4.47. The van der Waals surface area contributed by atoms with Crippen LogP contribution in [0.25, 0.3) is 0 Å². The van der Waals surface area contributed by atoms with E-state index in [0.717, 1.165) is 54.6 Å². The summed E-state index contributed by atoms with van der Waals surface area (Å²) in [5, 5.41) is 12.6. The fraction of sp³-hybridized carbons (Fsp3) is 0.360. The number of nitrogens with zero attached hydrogens (tertiary/aromatic N) is 1. The maximum absolute atomic E-state index is 12.8. The molecule has 4 rings (SSSR count). The number of aromatic hydroxyl groups is 1. The lowest BCUT2D eigenvalue weighted by Gasteiger charge is -2.27. The number of phenols is 1. The third-order valence-electron chi connectivity index (χ3n) is 6.02. The number of rotatable bonds is 4. The van der Waals surface area contributed by atoms with E-state index in [0.29, 0.717) is 6.42 Å². The van der Waals surface area contributed by atoms with Crippen LogP contribution in [0.4, 0.5) is 5.69 Å². The molecule has 0 spiro atoms. The van der Waals surface area contributed by atoms with Crippen LogP contribution in [-0.4, -0.2) is 22.8 Å². The highest BCUT2D eigenvalue weighted by Crippen LogP contribution is 2.26. The van der Waals surface area contributed by atoms with Gasteiger partial charge in [0, 0.05) is 17.5 Å². The molecule has 2 aromatic rings. The first-order valence-corrected chi connectivity index (χ1v) is 10.8. The van der Waals surface area contributed by atoms with Crippen LogP contribution in [0.5, 0.6) is 5.75 Å². The standard InChI is InChI=1S/C25H29N3O2/c26-16-22-23(27-20-10-12-21(29)13-11-20)6-3-7-24(22)28-25(30)15-17-8-9-18-4-1-2-5-19(18)14-17/h8-14,16,24,29H,1-7,15,26H2,(H,28,30)/b22-16+,27-23?. The van der Waals surface area contributed by atoms with Crippen molar-refractivity contribution in [2.75, 3.05) is 0 Å². The second-order valence-corrected chi connectivity index (χ2v) is 8.20. The third kappa shape index (κ3) is 4.73. The third-order valence-corrected chi connectivity index (χ3v) is 6.02. The molecular weight excluding hydrogens is 374 g/mol. The number of aryl methyl sites for hydroxylation is 2. The van der Waals surface area contributed by atoms with Gasteiger partial charge in [0.2, 0.25) is 5.91 Å². The van der Waals surface area contributed by atoms with Crippen molar-refractivity contribution in [3.63, 3.8) is 0 Å². The Bertz CT molecular complexity index is 976. The van der Waals surface area contributed by atoms with Crippen LogP contribution in [-0.2, 0) is 24.1 Å². The Kier molecular flexibility index (Phi) is 6.17. The molecule has 1 saturated carbocycles. The number of amides is 1. The van der Waals surface area contributed by atoms with Crippen molar-refractivity contribution in [1.82, 2.24) is 5.32 Å². The number of phenolic OH excluding ortho intramolecular Hbond substituents is 1. The summed E-state index contributed by atoms with van der Waals surface area (Å²) in [6.07, 6.45) is 9.33. The van der Waals surface area contributed by atoms with Gasteiger partial charge in [0.25, 0.3) is 0 Å². The van der Waals surface area contributed by atoms with Crippen LogP contribution >= 0.6 is 0 Å². The highest BCUT2D eigenvalue weighted by Gasteiger charge is 2.25. The number of hydrogen-bond donors (Lipinski definition) is 3. The summed E-state index contributed by atoms with van der Waals surface area (Å²) < 4.78 is 0. The van der Waals surface area contributed by atoms with Gasteiger partial charge >= 0.3 is 0 Å². The number of benzene rings is 2. The monoisotopic (exact) mass is 403 g/mol. The molecule has 2 aliphatic rings. The Morgan fingerprint density at radius 1 is 1.07 bits per heavy atom. The van der Waals surface area contributed by atoms with E-state index in [-0.39, 0.29) is 17.7 Å². The molecule has 0 saturated heterocycles. The van der Waals surface area contributed by atoms with Crippen molar-refractivity contribution in [3.05, 3.63) is 70.9 Å². The molecule has 1 amide bonds. The van der Waals surface area contributed by atoms with Gasteiger partial charge in [-0.2, -0.15) is 0 Å². The van der Waals surface area contributed by atoms with Crippen LogP contribution in [0.1, 0.15) is 48.8 Å². The van der Waals surface area contributed by atoms with Gasteiger partial charge in [-0.15, -0.1) is 0 Å². The molecule has 0 heterocycles. The van der Waals surface area contributed by atoms with Gasteiger partial charge in [-0.1, -0.05) is 18.2 Å². The molecule has 0 radical (unpaired) electrons. The van der Waals surface area contributed by atoms with Crippen LogP contribution in [0.15, 0.2) is 59.2 Å². The van der Waals surface area contributed by atoms with E-state index < -0.39 is 0 Å². The summed E-state index contributed by atoms with van der Waals surface area (Å²) in [5.41, 5.74) is 12.4. The lowest BCUT2D eigenvalue weighted by Crippen LogP contribution is -2.41. The van der Waals surface area contributed by atoms with Gasteiger partial charge in [-0.25, -0.2) is 0 Å². The summed E-state index contributed by atoms with van der Waals surface area (Å²) in [4.78, 5) is 17.5. The van der Waals surface area contributed by atoms with Gasteiger partial charge in [-0.05, 0) is 85.9 Å². The molecule has 1 fully saturated rings. The predicted molar refractivity (Wildman–Crippen MR) is 120 cm³/mol. The minimum absolute atomic E-state index is 0.0148. The number of nitrogens with one attached hydrogen (secondary N) is 1. The summed E-state index contributed by atoms with van der Waals surface area (Å²) in [6.45, 7) is 0. The second kappa shape index (κ2) is 9.16. The summed E-state index contributed by atoms with van der Waals surface area (Å²) in [5.74, 6) is 0.227. The first-order chi connectivity index (χ1) is 14.6. The summed E-state index contributed by atoms with van der Waals surface area (Å²) in [7, 11) is 0. The minimum atomic E-state index is -0.121. The van der Waals surface area contributed by atoms with E-state index in [1.165, 1.54) is 24.0 Å². The quantitative estimate of drug-likeness (QED) is 0.718. The van der Waals surface area contributed by atoms with Crippen LogP contribution in [0.3, 0.4) is 0 Å². The lowest BCUT2D eigenvalue weighted by atomic mass is 9.88. The van der Waals surface area contributed by atoms with E-state index in [2.05, 4.69) is 23.5 Å². The Balaban J connectivity index is 1.44. The molecule has 1 atom stereocenters. The Morgan fingerprint density at radius 3 is 2.60 bits per heavy atom. The van der Waals surface area contributed by atoms with Crippen molar-refractivity contribution in [3.8, 4) is 5.75 Å². The topological polar surface area (TPSA) is 87.7 Å². The zero-order valence-corrected chi connectivity index (χ0v) is 17.2. The molecule has 0 aliphatic heterocycles. The van der Waals surface area contributed by atoms with Crippen molar-refractivity contribution in [2.45, 2.75) is 57.4 Å². The van der Waals surface area contributed by atoms with E-state index in [1.54, 1.807) is 30.5 Å². The molecule has 0 bridgehead atoms. The van der Waals surface area contributed by atoms with Crippen molar-refractivity contribution in [1.29, 1.82) is 0 Å². The molecule has 4 N–H and O–H groups in total. The van der Waals surface area contributed by atoms with Gasteiger partial charge in [-0.3, -0.25) is 9.79 Å². The van der Waals surface area contributed by atoms with Crippen LogP contribution in [0, 0.1) is 0 Å². The van der Waals surface area contributed by atoms with Crippen molar-refractivity contribution < 1.29 is 9.90 Å². The predicted octanol–water partition coefficient (Wildman–Crippen LogP) is 4.10. The average molecular weight is 404 g/mol. The molecule has 0 aromatic heterocycles.